The summed E-state index contributed by atoms with van der Waals surface area (Å²) < 4.78 is 0. The third kappa shape index (κ3) is 2.99. The molecule has 2 rings (SSSR count). The number of hydrogen-bond donors (Lipinski definition) is 2. The van der Waals surface area contributed by atoms with Crippen molar-refractivity contribution in [3.05, 3.63) is 17.7 Å². The van der Waals surface area contributed by atoms with Gasteiger partial charge >= 0.3 is 0 Å². The van der Waals surface area contributed by atoms with Gasteiger partial charge in [-0.15, -0.1) is 0 Å². The van der Waals surface area contributed by atoms with Gasteiger partial charge in [0.05, 0.1) is 17.6 Å². The predicted molar refractivity (Wildman–Crippen MR) is 74.9 cm³/mol. The highest BCUT2D eigenvalue weighted by Gasteiger charge is 2.23. The molecule has 100 valence electrons. The zero-order valence-corrected chi connectivity index (χ0v) is 11.4. The Kier molecular flexibility index (Phi) is 4.53. The first-order valence-corrected chi connectivity index (χ1v) is 7.03. The van der Waals surface area contributed by atoms with Crippen LogP contribution in [0, 0.1) is 0 Å². The van der Waals surface area contributed by atoms with Gasteiger partial charge in [-0.2, -0.15) is 0 Å². The minimum atomic E-state index is 0.423. The molecule has 1 fully saturated rings. The molecule has 0 unspecified atom stereocenters. The summed E-state index contributed by atoms with van der Waals surface area (Å²) >= 11 is 0. The van der Waals surface area contributed by atoms with Crippen LogP contribution >= 0.6 is 0 Å². The Morgan fingerprint density at radius 2 is 2.22 bits per heavy atom. The molecule has 4 nitrogen and oxygen atoms in total. The van der Waals surface area contributed by atoms with Gasteiger partial charge < -0.3 is 11.1 Å². The van der Waals surface area contributed by atoms with E-state index in [1.165, 1.54) is 19.3 Å². The molecule has 1 heterocycles. The van der Waals surface area contributed by atoms with E-state index in [2.05, 4.69) is 24.1 Å². The summed E-state index contributed by atoms with van der Waals surface area (Å²) in [5.41, 5.74) is 7.72. The topological polar surface area (TPSA) is 63.8 Å². The van der Waals surface area contributed by atoms with Crippen molar-refractivity contribution >= 4 is 5.69 Å². The Bertz CT molecular complexity index is 385. The zero-order chi connectivity index (χ0) is 13.0. The second-order valence-corrected chi connectivity index (χ2v) is 5.38. The van der Waals surface area contributed by atoms with E-state index in [-0.39, 0.29) is 0 Å². The molecule has 3 N–H and O–H groups in total. The molecule has 0 amide bonds. The highest BCUT2D eigenvalue weighted by Crippen LogP contribution is 2.35. The van der Waals surface area contributed by atoms with Gasteiger partial charge in [0.2, 0.25) is 0 Å². The third-order valence-electron chi connectivity index (χ3n) is 3.55. The lowest BCUT2D eigenvalue weighted by molar-refractivity contribution is 0.400. The van der Waals surface area contributed by atoms with Crippen LogP contribution in [-0.2, 0) is 0 Å². The summed E-state index contributed by atoms with van der Waals surface area (Å²) in [5.74, 6) is 2.06. The van der Waals surface area contributed by atoms with Crippen LogP contribution in [0.3, 0.4) is 0 Å². The molecule has 0 saturated heterocycles. The van der Waals surface area contributed by atoms with Crippen molar-refractivity contribution in [3.63, 3.8) is 0 Å². The fraction of sp³-hybridized carbons (Fsp3) is 0.714. The minimum Gasteiger partial charge on any atom is -0.382 e. The molecular weight excluding hydrogens is 224 g/mol. The van der Waals surface area contributed by atoms with Crippen molar-refractivity contribution in [2.45, 2.75) is 51.4 Å². The molecule has 0 bridgehead atoms. The minimum absolute atomic E-state index is 0.423. The molecule has 0 atom stereocenters. The molecule has 0 radical (unpaired) electrons. The molecule has 1 aliphatic carbocycles. The highest BCUT2D eigenvalue weighted by molar-refractivity contribution is 5.47. The van der Waals surface area contributed by atoms with Crippen LogP contribution in [0.2, 0.25) is 0 Å². The van der Waals surface area contributed by atoms with Gasteiger partial charge in [-0.3, -0.25) is 0 Å². The monoisotopic (exact) mass is 248 g/mol. The van der Waals surface area contributed by atoms with E-state index in [1.54, 1.807) is 0 Å². The van der Waals surface area contributed by atoms with E-state index in [1.807, 2.05) is 6.20 Å². The van der Waals surface area contributed by atoms with E-state index in [9.17, 15) is 0 Å². The van der Waals surface area contributed by atoms with Crippen molar-refractivity contribution in [1.82, 2.24) is 9.97 Å². The van der Waals surface area contributed by atoms with Crippen molar-refractivity contribution in [2.24, 2.45) is 5.73 Å². The largest absolute Gasteiger partial charge is 0.382 e. The van der Waals surface area contributed by atoms with Crippen molar-refractivity contribution in [3.8, 4) is 0 Å². The maximum atomic E-state index is 5.51. The summed E-state index contributed by atoms with van der Waals surface area (Å²) in [6.45, 7) is 5.97. The number of nitrogens with two attached hydrogens (primary N) is 1. The fourth-order valence-corrected chi connectivity index (χ4v) is 2.17. The fourth-order valence-electron chi connectivity index (χ4n) is 2.17. The van der Waals surface area contributed by atoms with Crippen LogP contribution in [0.1, 0.15) is 62.9 Å². The second-order valence-electron chi connectivity index (χ2n) is 5.38. The van der Waals surface area contributed by atoms with Crippen LogP contribution in [0.25, 0.3) is 0 Å². The SMILES string of the molecule is CC(C)c1nc(C2CCC2)ncc1NCCCN. The number of nitrogens with zero attached hydrogens (tertiary/aromatic N) is 2. The van der Waals surface area contributed by atoms with Gasteiger partial charge in [0, 0.05) is 12.5 Å². The molecule has 4 heteroatoms. The normalized spacial score (nSPS) is 15.8. The first-order valence-electron chi connectivity index (χ1n) is 7.03. The third-order valence-corrected chi connectivity index (χ3v) is 3.55. The molecule has 1 saturated carbocycles. The van der Waals surface area contributed by atoms with Crippen LogP contribution in [0.5, 0.6) is 0 Å². The molecule has 18 heavy (non-hydrogen) atoms. The van der Waals surface area contributed by atoms with E-state index in [0.29, 0.717) is 18.4 Å². The smallest absolute Gasteiger partial charge is 0.131 e. The number of nitrogens with one attached hydrogen (secondary N) is 1. The summed E-state index contributed by atoms with van der Waals surface area (Å²) in [7, 11) is 0. The molecule has 0 aliphatic heterocycles. The molecule has 1 aromatic rings. The van der Waals surface area contributed by atoms with E-state index < -0.39 is 0 Å². The molecule has 0 aromatic carbocycles. The maximum Gasteiger partial charge on any atom is 0.131 e. The molecular formula is C14H24N4. The Hall–Kier alpha value is -1.16. The lowest BCUT2D eigenvalue weighted by Crippen LogP contribution is -2.16. The van der Waals surface area contributed by atoms with Gasteiger partial charge in [0.15, 0.2) is 0 Å². The van der Waals surface area contributed by atoms with Gasteiger partial charge in [0.1, 0.15) is 5.82 Å². The first-order chi connectivity index (χ1) is 8.72. The number of rotatable bonds is 6. The summed E-state index contributed by atoms with van der Waals surface area (Å²) in [4.78, 5) is 9.29. The number of aromatic nitrogens is 2. The average Bonchev–Trinajstić information content (AvgIpc) is 2.28. The van der Waals surface area contributed by atoms with Gasteiger partial charge in [-0.05, 0) is 31.7 Å². The van der Waals surface area contributed by atoms with Crippen molar-refractivity contribution < 1.29 is 0 Å². The second kappa shape index (κ2) is 6.14. The van der Waals surface area contributed by atoms with Crippen molar-refractivity contribution in [2.75, 3.05) is 18.4 Å². The Labute approximate surface area is 109 Å². The summed E-state index contributed by atoms with van der Waals surface area (Å²) in [6.07, 6.45) is 6.74. The van der Waals surface area contributed by atoms with Gasteiger partial charge in [0.25, 0.3) is 0 Å². The van der Waals surface area contributed by atoms with Gasteiger partial charge in [-0.1, -0.05) is 20.3 Å². The quantitative estimate of drug-likeness (QED) is 0.760. The summed E-state index contributed by atoms with van der Waals surface area (Å²) in [6, 6.07) is 0. The van der Waals surface area contributed by atoms with E-state index >= 15 is 0 Å². The van der Waals surface area contributed by atoms with E-state index in [4.69, 9.17) is 10.7 Å². The number of anilines is 1. The van der Waals surface area contributed by atoms with Crippen LogP contribution in [0.15, 0.2) is 6.20 Å². The van der Waals surface area contributed by atoms with Crippen LogP contribution in [0.4, 0.5) is 5.69 Å². The average molecular weight is 248 g/mol. The standard InChI is InChI=1S/C14H24N4/c1-10(2)13-12(16-8-4-7-15)9-17-14(18-13)11-5-3-6-11/h9-11,16H,3-8,15H2,1-2H3. The zero-order valence-electron chi connectivity index (χ0n) is 11.4. The highest BCUT2D eigenvalue weighted by atomic mass is 15.0. The lowest BCUT2D eigenvalue weighted by atomic mass is 9.84. The molecule has 1 aromatic heterocycles. The molecule has 0 spiro atoms. The van der Waals surface area contributed by atoms with Crippen LogP contribution < -0.4 is 11.1 Å². The summed E-state index contributed by atoms with van der Waals surface area (Å²) in [5, 5.41) is 3.39. The Morgan fingerprint density at radius 3 is 2.78 bits per heavy atom. The van der Waals surface area contributed by atoms with Crippen molar-refractivity contribution in [1.29, 1.82) is 0 Å². The maximum absolute atomic E-state index is 5.51. The van der Waals surface area contributed by atoms with E-state index in [0.717, 1.165) is 30.2 Å². The Balaban J connectivity index is 2.12. The van der Waals surface area contributed by atoms with Crippen LogP contribution in [-0.4, -0.2) is 23.1 Å². The Morgan fingerprint density at radius 1 is 1.44 bits per heavy atom. The number of hydrogen-bond acceptors (Lipinski definition) is 4. The lowest BCUT2D eigenvalue weighted by Gasteiger charge is -2.25. The molecule has 1 aliphatic rings. The van der Waals surface area contributed by atoms with Gasteiger partial charge in [-0.25, -0.2) is 9.97 Å². The predicted octanol–water partition coefficient (Wildman–Crippen LogP) is 2.63. The first kappa shape index (κ1) is 13.3.